The van der Waals surface area contributed by atoms with Crippen LogP contribution in [0.3, 0.4) is 0 Å². The largest absolute Gasteiger partial charge is 0.523 e. The number of rotatable bonds is 4. The van der Waals surface area contributed by atoms with Crippen molar-refractivity contribution < 1.29 is 17.9 Å². The molecular formula is C24H33F3O. The second-order valence-corrected chi connectivity index (χ2v) is 9.45. The molecule has 0 aliphatic heterocycles. The molecule has 2 fully saturated rings. The average Bonchev–Trinajstić information content (AvgIpc) is 2.67. The Morgan fingerprint density at radius 3 is 2.43 bits per heavy atom. The molecule has 3 aliphatic carbocycles. The quantitative estimate of drug-likeness (QED) is 0.515. The van der Waals surface area contributed by atoms with Gasteiger partial charge in [0.2, 0.25) is 0 Å². The molecule has 0 aromatic heterocycles. The van der Waals surface area contributed by atoms with Gasteiger partial charge in [-0.25, -0.2) is 0 Å². The smallest absolute Gasteiger partial charge is 0.283 e. The molecule has 3 aliphatic rings. The van der Waals surface area contributed by atoms with E-state index in [2.05, 4.69) is 6.92 Å². The highest BCUT2D eigenvalue weighted by Crippen LogP contribution is 2.52. The first-order valence-corrected chi connectivity index (χ1v) is 11.3. The van der Waals surface area contributed by atoms with E-state index in [1.54, 1.807) is 0 Å². The van der Waals surface area contributed by atoms with Gasteiger partial charge >= 0.3 is 6.36 Å². The number of halogens is 3. The zero-order valence-electron chi connectivity index (χ0n) is 16.9. The highest BCUT2D eigenvalue weighted by atomic mass is 19.4. The highest BCUT2D eigenvalue weighted by molar-refractivity contribution is 5.32. The van der Waals surface area contributed by atoms with Crippen molar-refractivity contribution in [2.75, 3.05) is 0 Å². The number of hydrogen-bond acceptors (Lipinski definition) is 1. The predicted molar refractivity (Wildman–Crippen MR) is 105 cm³/mol. The third kappa shape index (κ3) is 4.42. The molecule has 28 heavy (non-hydrogen) atoms. The fourth-order valence-corrected chi connectivity index (χ4v) is 6.60. The van der Waals surface area contributed by atoms with Crippen molar-refractivity contribution in [3.8, 4) is 0 Å². The van der Waals surface area contributed by atoms with Gasteiger partial charge in [0.1, 0.15) is 0 Å². The van der Waals surface area contributed by atoms with Crippen LogP contribution in [-0.2, 0) is 11.2 Å². The monoisotopic (exact) mass is 394 g/mol. The lowest BCUT2D eigenvalue weighted by Gasteiger charge is -2.46. The highest BCUT2D eigenvalue weighted by Gasteiger charge is 2.45. The zero-order chi connectivity index (χ0) is 19.7. The van der Waals surface area contributed by atoms with Gasteiger partial charge in [-0.2, -0.15) is 0 Å². The minimum absolute atomic E-state index is 0.00848. The topological polar surface area (TPSA) is 9.23 Å². The van der Waals surface area contributed by atoms with Crippen molar-refractivity contribution in [2.24, 2.45) is 29.6 Å². The van der Waals surface area contributed by atoms with E-state index in [1.165, 1.54) is 38.5 Å². The van der Waals surface area contributed by atoms with Crippen LogP contribution in [0, 0.1) is 29.6 Å². The van der Waals surface area contributed by atoms with Gasteiger partial charge in [0, 0.05) is 0 Å². The maximum Gasteiger partial charge on any atom is 0.523 e. The summed E-state index contributed by atoms with van der Waals surface area (Å²) in [7, 11) is 0. The fourth-order valence-electron chi connectivity index (χ4n) is 6.60. The Morgan fingerprint density at radius 2 is 1.64 bits per heavy atom. The summed E-state index contributed by atoms with van der Waals surface area (Å²) >= 11 is 0. The summed E-state index contributed by atoms with van der Waals surface area (Å²) < 4.78 is 44.5. The first-order chi connectivity index (χ1) is 13.4. The van der Waals surface area contributed by atoms with Gasteiger partial charge in [-0.3, -0.25) is 4.74 Å². The molecule has 1 aromatic rings. The zero-order valence-corrected chi connectivity index (χ0v) is 16.9. The molecule has 6 unspecified atom stereocenters. The Balaban J connectivity index is 1.49. The summed E-state index contributed by atoms with van der Waals surface area (Å²) in [6.07, 6.45) is 6.21. The molecule has 1 aromatic carbocycles. The maximum absolute atomic E-state index is 13.2. The molecule has 0 N–H and O–H groups in total. The number of hydrogen-bond donors (Lipinski definition) is 0. The first kappa shape index (κ1) is 20.3. The minimum Gasteiger partial charge on any atom is -0.283 e. The Hall–Kier alpha value is -1.03. The van der Waals surface area contributed by atoms with Crippen molar-refractivity contribution in [3.63, 3.8) is 0 Å². The lowest BCUT2D eigenvalue weighted by atomic mass is 9.60. The van der Waals surface area contributed by atoms with Crippen LogP contribution in [0.4, 0.5) is 13.2 Å². The van der Waals surface area contributed by atoms with Crippen LogP contribution in [0.15, 0.2) is 24.3 Å². The van der Waals surface area contributed by atoms with Crippen molar-refractivity contribution >= 4 is 0 Å². The van der Waals surface area contributed by atoms with Crippen LogP contribution in [0.25, 0.3) is 0 Å². The third-order valence-corrected chi connectivity index (χ3v) is 7.82. The summed E-state index contributed by atoms with van der Waals surface area (Å²) in [5, 5.41) is 0. The Morgan fingerprint density at radius 1 is 0.929 bits per heavy atom. The van der Waals surface area contributed by atoms with E-state index in [0.29, 0.717) is 5.92 Å². The number of benzene rings is 1. The van der Waals surface area contributed by atoms with Crippen LogP contribution >= 0.6 is 0 Å². The summed E-state index contributed by atoms with van der Waals surface area (Å²) in [5.41, 5.74) is 1.80. The Labute approximate surface area is 167 Å². The van der Waals surface area contributed by atoms with Crippen molar-refractivity contribution in [3.05, 3.63) is 35.4 Å². The van der Waals surface area contributed by atoms with Crippen LogP contribution < -0.4 is 0 Å². The molecule has 1 nitrogen and oxygen atoms in total. The van der Waals surface area contributed by atoms with E-state index in [4.69, 9.17) is 4.74 Å². The van der Waals surface area contributed by atoms with Gasteiger partial charge in [-0.05, 0) is 85.7 Å². The molecule has 4 heteroatoms. The molecule has 6 atom stereocenters. The minimum atomic E-state index is -4.58. The number of ether oxygens (including phenoxy) is 1. The Bertz CT molecular complexity index is 655. The average molecular weight is 395 g/mol. The van der Waals surface area contributed by atoms with Gasteiger partial charge in [-0.1, -0.05) is 50.5 Å². The van der Waals surface area contributed by atoms with E-state index in [9.17, 15) is 13.2 Å². The molecular weight excluding hydrogens is 361 g/mol. The lowest BCUT2D eigenvalue weighted by Crippen LogP contribution is -2.38. The molecule has 0 spiro atoms. The van der Waals surface area contributed by atoms with Gasteiger partial charge in [0.15, 0.2) is 0 Å². The Kier molecular flexibility index (Phi) is 6.06. The van der Waals surface area contributed by atoms with Gasteiger partial charge in [-0.15, -0.1) is 13.2 Å². The summed E-state index contributed by atoms with van der Waals surface area (Å²) in [4.78, 5) is 0. The van der Waals surface area contributed by atoms with Crippen molar-refractivity contribution in [1.29, 1.82) is 0 Å². The third-order valence-electron chi connectivity index (χ3n) is 7.82. The molecule has 0 heterocycles. The maximum atomic E-state index is 13.2. The van der Waals surface area contributed by atoms with Gasteiger partial charge in [0.05, 0.1) is 6.10 Å². The van der Waals surface area contributed by atoms with E-state index in [-0.39, 0.29) is 5.92 Å². The van der Waals surface area contributed by atoms with Gasteiger partial charge < -0.3 is 0 Å². The molecule has 4 rings (SSSR count). The van der Waals surface area contributed by atoms with Crippen molar-refractivity contribution in [2.45, 2.75) is 83.6 Å². The van der Waals surface area contributed by atoms with Crippen molar-refractivity contribution in [1.82, 2.24) is 0 Å². The van der Waals surface area contributed by atoms with E-state index >= 15 is 0 Å². The predicted octanol–water partition coefficient (Wildman–Crippen LogP) is 7.46. The fraction of sp³-hybridized carbons (Fsp3) is 0.750. The molecule has 0 amide bonds. The number of alkyl halides is 3. The summed E-state index contributed by atoms with van der Waals surface area (Å²) in [6.45, 7) is 2.27. The SMILES string of the molecule is CCCC1CCC2CC(C3CCc4ccccc4C3OC(F)(F)F)CCC2C1. The normalized spacial score (nSPS) is 35.9. The molecule has 0 bridgehead atoms. The molecule has 0 radical (unpaired) electrons. The van der Waals surface area contributed by atoms with Crippen LogP contribution in [0.1, 0.15) is 81.9 Å². The standard InChI is InChI=1S/C24H33F3O/c1-2-5-16-8-9-19-15-20(11-10-18(19)14-16)22-13-12-17-6-3-4-7-21(17)23(22)28-24(25,26)27/h3-4,6-7,16,18-20,22-23H,2,5,8-15H2,1H3. The first-order valence-electron chi connectivity index (χ1n) is 11.3. The molecule has 156 valence electrons. The van der Waals surface area contributed by atoms with E-state index in [0.717, 1.165) is 54.6 Å². The van der Waals surface area contributed by atoms with Crippen LogP contribution in [0.5, 0.6) is 0 Å². The second kappa shape index (κ2) is 8.38. The second-order valence-electron chi connectivity index (χ2n) is 9.45. The van der Waals surface area contributed by atoms with Crippen LogP contribution in [-0.4, -0.2) is 6.36 Å². The number of fused-ring (bicyclic) bond motifs is 2. The molecule has 0 saturated heterocycles. The van der Waals surface area contributed by atoms with E-state index < -0.39 is 12.5 Å². The summed E-state index contributed by atoms with van der Waals surface area (Å²) in [6, 6.07) is 7.58. The molecule has 2 saturated carbocycles. The van der Waals surface area contributed by atoms with Crippen LogP contribution in [0.2, 0.25) is 0 Å². The number of aryl methyl sites for hydroxylation is 1. The summed E-state index contributed by atoms with van der Waals surface area (Å²) in [5.74, 6) is 2.76. The van der Waals surface area contributed by atoms with E-state index in [1.807, 2.05) is 24.3 Å². The van der Waals surface area contributed by atoms with Gasteiger partial charge in [0.25, 0.3) is 0 Å². The lowest BCUT2D eigenvalue weighted by molar-refractivity contribution is -0.354.